The van der Waals surface area contributed by atoms with E-state index in [2.05, 4.69) is 15.9 Å². The van der Waals surface area contributed by atoms with Gasteiger partial charge < -0.3 is 4.42 Å². The monoisotopic (exact) mass is 328 g/mol. The van der Waals surface area contributed by atoms with Crippen molar-refractivity contribution in [2.24, 2.45) is 0 Å². The molecule has 3 rings (SSSR count). The van der Waals surface area contributed by atoms with Gasteiger partial charge in [-0.15, -0.1) is 0 Å². The molecule has 20 heavy (non-hydrogen) atoms. The van der Waals surface area contributed by atoms with Gasteiger partial charge in [-0.2, -0.15) is 0 Å². The first-order chi connectivity index (χ1) is 9.70. The number of halogens is 1. The zero-order chi connectivity index (χ0) is 14.1. The smallest absolute Gasteiger partial charge is 0.197 e. The van der Waals surface area contributed by atoms with E-state index in [4.69, 9.17) is 4.42 Å². The first-order valence-electron chi connectivity index (χ1n) is 6.51. The van der Waals surface area contributed by atoms with Crippen LogP contribution in [0.3, 0.4) is 0 Å². The fraction of sp³-hybridized carbons (Fsp3) is 0.118. The van der Waals surface area contributed by atoms with Gasteiger partial charge in [0.2, 0.25) is 0 Å². The Kier molecular flexibility index (Phi) is 3.45. The van der Waals surface area contributed by atoms with Crippen molar-refractivity contribution < 1.29 is 9.21 Å². The normalized spacial score (nSPS) is 10.9. The summed E-state index contributed by atoms with van der Waals surface area (Å²) >= 11 is 3.45. The van der Waals surface area contributed by atoms with Crippen LogP contribution in [0.1, 0.15) is 28.6 Å². The summed E-state index contributed by atoms with van der Waals surface area (Å²) in [5.74, 6) is 0.756. The van der Waals surface area contributed by atoms with Gasteiger partial charge in [-0.25, -0.2) is 0 Å². The molecule has 0 bridgehead atoms. The standard InChI is InChI=1S/C17H13BrO2/c1-2-14-16(17(19)11-6-4-3-5-7-11)13-10-12(18)8-9-15(13)20-14/h3-10H,2H2,1H3. The lowest BCUT2D eigenvalue weighted by molar-refractivity contribution is 0.103. The van der Waals surface area contributed by atoms with E-state index in [1.165, 1.54) is 0 Å². The van der Waals surface area contributed by atoms with E-state index in [0.717, 1.165) is 21.2 Å². The molecule has 0 aliphatic heterocycles. The summed E-state index contributed by atoms with van der Waals surface area (Å²) in [6, 6.07) is 15.1. The minimum atomic E-state index is 0.0132. The van der Waals surface area contributed by atoms with E-state index < -0.39 is 0 Å². The van der Waals surface area contributed by atoms with Crippen molar-refractivity contribution in [3.63, 3.8) is 0 Å². The van der Waals surface area contributed by atoms with E-state index >= 15 is 0 Å². The molecular weight excluding hydrogens is 316 g/mol. The van der Waals surface area contributed by atoms with Gasteiger partial charge >= 0.3 is 0 Å². The summed E-state index contributed by atoms with van der Waals surface area (Å²) in [7, 11) is 0. The van der Waals surface area contributed by atoms with Crippen molar-refractivity contribution >= 4 is 32.7 Å². The lowest BCUT2D eigenvalue weighted by Gasteiger charge is -2.01. The van der Waals surface area contributed by atoms with Gasteiger partial charge in [0, 0.05) is 21.8 Å². The van der Waals surface area contributed by atoms with Crippen molar-refractivity contribution in [2.45, 2.75) is 13.3 Å². The Morgan fingerprint density at radius 2 is 1.90 bits per heavy atom. The maximum absolute atomic E-state index is 12.7. The van der Waals surface area contributed by atoms with Crippen molar-refractivity contribution in [3.05, 3.63) is 69.9 Å². The van der Waals surface area contributed by atoms with E-state index in [1.807, 2.05) is 55.5 Å². The summed E-state index contributed by atoms with van der Waals surface area (Å²) in [5.41, 5.74) is 2.12. The minimum Gasteiger partial charge on any atom is -0.460 e. The second kappa shape index (κ2) is 5.25. The molecule has 0 N–H and O–H groups in total. The van der Waals surface area contributed by atoms with Crippen LogP contribution in [0.15, 0.2) is 57.4 Å². The lowest BCUT2D eigenvalue weighted by Crippen LogP contribution is -2.03. The molecular formula is C17H13BrO2. The number of hydrogen-bond donors (Lipinski definition) is 0. The highest BCUT2D eigenvalue weighted by Crippen LogP contribution is 2.30. The Morgan fingerprint density at radius 1 is 1.15 bits per heavy atom. The molecule has 0 saturated heterocycles. The molecule has 2 nitrogen and oxygen atoms in total. The minimum absolute atomic E-state index is 0.0132. The van der Waals surface area contributed by atoms with Gasteiger partial charge in [0.15, 0.2) is 5.78 Å². The number of ketones is 1. The third-order valence-electron chi connectivity index (χ3n) is 3.31. The second-order valence-electron chi connectivity index (χ2n) is 4.59. The number of benzene rings is 2. The summed E-state index contributed by atoms with van der Waals surface area (Å²) in [5, 5.41) is 0.866. The topological polar surface area (TPSA) is 30.2 Å². The molecule has 0 spiro atoms. The zero-order valence-electron chi connectivity index (χ0n) is 11.0. The van der Waals surface area contributed by atoms with Crippen LogP contribution in [0.25, 0.3) is 11.0 Å². The van der Waals surface area contributed by atoms with Crippen LogP contribution in [0.5, 0.6) is 0 Å². The van der Waals surface area contributed by atoms with Gasteiger partial charge in [0.1, 0.15) is 11.3 Å². The Bertz CT molecular complexity index is 772. The van der Waals surface area contributed by atoms with Crippen LogP contribution < -0.4 is 0 Å². The van der Waals surface area contributed by atoms with E-state index in [-0.39, 0.29) is 5.78 Å². The lowest BCUT2D eigenvalue weighted by atomic mass is 9.99. The van der Waals surface area contributed by atoms with Crippen LogP contribution >= 0.6 is 15.9 Å². The molecule has 0 aliphatic rings. The number of carbonyl (C=O) groups is 1. The fourth-order valence-electron chi connectivity index (χ4n) is 2.35. The fourth-order valence-corrected chi connectivity index (χ4v) is 2.71. The molecule has 1 heterocycles. The van der Waals surface area contributed by atoms with Crippen molar-refractivity contribution in [1.29, 1.82) is 0 Å². The van der Waals surface area contributed by atoms with E-state index in [9.17, 15) is 4.79 Å². The Morgan fingerprint density at radius 3 is 2.60 bits per heavy atom. The highest BCUT2D eigenvalue weighted by molar-refractivity contribution is 9.10. The molecule has 0 radical (unpaired) electrons. The molecule has 0 aliphatic carbocycles. The van der Waals surface area contributed by atoms with Crippen LogP contribution in [-0.4, -0.2) is 5.78 Å². The molecule has 0 saturated carbocycles. The van der Waals surface area contributed by atoms with Gasteiger partial charge in [-0.1, -0.05) is 53.2 Å². The Hall–Kier alpha value is -1.87. The van der Waals surface area contributed by atoms with E-state index in [1.54, 1.807) is 0 Å². The highest BCUT2D eigenvalue weighted by Gasteiger charge is 2.20. The number of fused-ring (bicyclic) bond motifs is 1. The molecule has 3 heteroatoms. The van der Waals surface area contributed by atoms with Crippen molar-refractivity contribution in [2.75, 3.05) is 0 Å². The van der Waals surface area contributed by atoms with Gasteiger partial charge in [0.25, 0.3) is 0 Å². The maximum atomic E-state index is 12.7. The molecule has 3 aromatic rings. The third-order valence-corrected chi connectivity index (χ3v) is 3.80. The highest BCUT2D eigenvalue weighted by atomic mass is 79.9. The first kappa shape index (κ1) is 13.1. The second-order valence-corrected chi connectivity index (χ2v) is 5.51. The predicted molar refractivity (Wildman–Crippen MR) is 83.2 cm³/mol. The van der Waals surface area contributed by atoms with Gasteiger partial charge in [0.05, 0.1) is 5.56 Å². The van der Waals surface area contributed by atoms with Crippen molar-refractivity contribution in [1.82, 2.24) is 0 Å². The average Bonchev–Trinajstić information content (AvgIpc) is 2.85. The molecule has 0 atom stereocenters. The molecule has 0 amide bonds. The summed E-state index contributed by atoms with van der Waals surface area (Å²) in [4.78, 5) is 12.7. The van der Waals surface area contributed by atoms with Gasteiger partial charge in [-0.3, -0.25) is 4.79 Å². The number of hydrogen-bond acceptors (Lipinski definition) is 2. The first-order valence-corrected chi connectivity index (χ1v) is 7.30. The number of aryl methyl sites for hydroxylation is 1. The third kappa shape index (κ3) is 2.18. The largest absolute Gasteiger partial charge is 0.460 e. The summed E-state index contributed by atoms with van der Waals surface area (Å²) in [6.45, 7) is 1.99. The van der Waals surface area contributed by atoms with Crippen LogP contribution in [-0.2, 0) is 6.42 Å². The number of rotatable bonds is 3. The molecule has 100 valence electrons. The average molecular weight is 329 g/mol. The molecule has 0 unspecified atom stereocenters. The maximum Gasteiger partial charge on any atom is 0.197 e. The number of furan rings is 1. The quantitative estimate of drug-likeness (QED) is 0.634. The van der Waals surface area contributed by atoms with Crippen LogP contribution in [0, 0.1) is 0 Å². The number of carbonyl (C=O) groups excluding carboxylic acids is 1. The molecule has 2 aromatic carbocycles. The molecule has 1 aromatic heterocycles. The summed E-state index contributed by atoms with van der Waals surface area (Å²) in [6.07, 6.45) is 0.695. The van der Waals surface area contributed by atoms with Crippen molar-refractivity contribution in [3.8, 4) is 0 Å². The Balaban J connectivity index is 2.24. The van der Waals surface area contributed by atoms with E-state index in [0.29, 0.717) is 17.5 Å². The predicted octanol–water partition coefficient (Wildman–Crippen LogP) is 4.99. The van der Waals surface area contributed by atoms with Crippen LogP contribution in [0.4, 0.5) is 0 Å². The SMILES string of the molecule is CCc1oc2ccc(Br)cc2c1C(=O)c1ccccc1. The molecule has 0 fully saturated rings. The summed E-state index contributed by atoms with van der Waals surface area (Å²) < 4.78 is 6.74. The van der Waals surface area contributed by atoms with Crippen LogP contribution in [0.2, 0.25) is 0 Å². The zero-order valence-corrected chi connectivity index (χ0v) is 12.6. The Labute approximate surface area is 125 Å². The van der Waals surface area contributed by atoms with Gasteiger partial charge in [-0.05, 0) is 18.2 Å².